The van der Waals surface area contributed by atoms with Crippen LogP contribution in [0.5, 0.6) is 0 Å². The van der Waals surface area contributed by atoms with Crippen molar-refractivity contribution in [3.63, 3.8) is 0 Å². The molecule has 1 aliphatic heterocycles. The molecule has 3 heterocycles. The Morgan fingerprint density at radius 3 is 2.26 bits per heavy atom. The summed E-state index contributed by atoms with van der Waals surface area (Å²) in [5.74, 6) is 0.740. The zero-order valence-electron chi connectivity index (χ0n) is 12.7. The first-order valence-electron chi connectivity index (χ1n) is 7.55. The van der Waals surface area contributed by atoms with Gasteiger partial charge < -0.3 is 4.90 Å². The minimum absolute atomic E-state index is 0.0891. The summed E-state index contributed by atoms with van der Waals surface area (Å²) in [6, 6.07) is 7.30. The zero-order chi connectivity index (χ0) is 16.1. The average Bonchev–Trinajstić information content (AvgIpc) is 2.62. The van der Waals surface area contributed by atoms with Crippen LogP contribution >= 0.6 is 0 Å². The third-order valence-corrected chi connectivity index (χ3v) is 5.68. The van der Waals surface area contributed by atoms with Crippen LogP contribution in [-0.2, 0) is 16.4 Å². The Hall–Kier alpha value is -2.06. The number of pyridine rings is 1. The number of rotatable bonds is 5. The standard InChI is InChI=1S/C15H19N5O2S/c21-23(22,13-5-14-4-1-2-6-16-14)20-11-9-19(10-12-20)15-17-7-3-8-18-15/h1-4,6-8H,5,9-13H2. The first-order valence-corrected chi connectivity index (χ1v) is 9.16. The molecule has 0 aromatic carbocycles. The number of nitrogens with zero attached hydrogens (tertiary/aromatic N) is 5. The molecule has 0 bridgehead atoms. The summed E-state index contributed by atoms with van der Waals surface area (Å²) >= 11 is 0. The number of piperazine rings is 1. The lowest BCUT2D eigenvalue weighted by Crippen LogP contribution is -2.49. The van der Waals surface area contributed by atoms with Crippen LogP contribution in [0.1, 0.15) is 5.69 Å². The van der Waals surface area contributed by atoms with E-state index in [1.165, 1.54) is 0 Å². The van der Waals surface area contributed by atoms with Gasteiger partial charge in [0.15, 0.2) is 0 Å². The molecule has 0 aliphatic carbocycles. The molecule has 0 saturated carbocycles. The number of hydrogen-bond acceptors (Lipinski definition) is 6. The predicted octanol–water partition coefficient (Wildman–Crippen LogP) is 0.566. The molecule has 7 nitrogen and oxygen atoms in total. The highest BCUT2D eigenvalue weighted by molar-refractivity contribution is 7.89. The summed E-state index contributed by atoms with van der Waals surface area (Å²) in [5.41, 5.74) is 0.799. The number of aromatic nitrogens is 3. The molecule has 0 N–H and O–H groups in total. The summed E-state index contributed by atoms with van der Waals surface area (Å²) in [6.45, 7) is 2.13. The van der Waals surface area contributed by atoms with Gasteiger partial charge in [0.1, 0.15) is 0 Å². The third kappa shape index (κ3) is 4.02. The van der Waals surface area contributed by atoms with Crippen LogP contribution in [0.2, 0.25) is 0 Å². The minimum atomic E-state index is -3.26. The van der Waals surface area contributed by atoms with E-state index in [-0.39, 0.29) is 5.75 Å². The topological polar surface area (TPSA) is 79.3 Å². The molecule has 2 aromatic heterocycles. The van der Waals surface area contributed by atoms with E-state index in [2.05, 4.69) is 15.0 Å². The lowest BCUT2D eigenvalue weighted by molar-refractivity contribution is 0.382. The van der Waals surface area contributed by atoms with Crippen molar-refractivity contribution < 1.29 is 8.42 Å². The van der Waals surface area contributed by atoms with Gasteiger partial charge in [-0.05, 0) is 18.2 Å². The van der Waals surface area contributed by atoms with Crippen molar-refractivity contribution in [1.29, 1.82) is 0 Å². The lowest BCUT2D eigenvalue weighted by atomic mass is 10.3. The van der Waals surface area contributed by atoms with Gasteiger partial charge in [-0.25, -0.2) is 18.4 Å². The Balaban J connectivity index is 1.56. The van der Waals surface area contributed by atoms with Crippen LogP contribution in [0.4, 0.5) is 5.95 Å². The second-order valence-corrected chi connectivity index (χ2v) is 7.41. The summed E-state index contributed by atoms with van der Waals surface area (Å²) in [5, 5.41) is 0. The fourth-order valence-electron chi connectivity index (χ4n) is 2.53. The Morgan fingerprint density at radius 1 is 0.913 bits per heavy atom. The highest BCUT2D eigenvalue weighted by Crippen LogP contribution is 2.13. The van der Waals surface area contributed by atoms with Gasteiger partial charge in [0, 0.05) is 56.9 Å². The SMILES string of the molecule is O=S(=O)(CCc1ccccn1)N1CCN(c2ncccn2)CC1. The minimum Gasteiger partial charge on any atom is -0.338 e. The third-order valence-electron chi connectivity index (χ3n) is 3.81. The normalized spacial score (nSPS) is 16.4. The van der Waals surface area contributed by atoms with Crippen LogP contribution in [0, 0.1) is 0 Å². The van der Waals surface area contributed by atoms with Crippen LogP contribution in [0.25, 0.3) is 0 Å². The maximum Gasteiger partial charge on any atom is 0.225 e. The largest absolute Gasteiger partial charge is 0.338 e. The van der Waals surface area contributed by atoms with Crippen molar-refractivity contribution in [2.45, 2.75) is 6.42 Å². The molecule has 1 fully saturated rings. The summed E-state index contributed by atoms with van der Waals surface area (Å²) < 4.78 is 26.5. The fraction of sp³-hybridized carbons (Fsp3) is 0.400. The van der Waals surface area contributed by atoms with Gasteiger partial charge in [-0.15, -0.1) is 0 Å². The maximum absolute atomic E-state index is 12.5. The summed E-state index contributed by atoms with van der Waals surface area (Å²) in [4.78, 5) is 14.6. The highest BCUT2D eigenvalue weighted by Gasteiger charge is 2.27. The maximum atomic E-state index is 12.5. The van der Waals surface area contributed by atoms with Gasteiger partial charge in [-0.3, -0.25) is 4.98 Å². The van der Waals surface area contributed by atoms with E-state index in [0.717, 1.165) is 5.69 Å². The van der Waals surface area contributed by atoms with E-state index in [9.17, 15) is 8.42 Å². The Bertz CT molecular complexity index is 716. The smallest absolute Gasteiger partial charge is 0.225 e. The molecule has 3 rings (SSSR count). The van der Waals surface area contributed by atoms with E-state index < -0.39 is 10.0 Å². The molecule has 0 radical (unpaired) electrons. The van der Waals surface area contributed by atoms with Gasteiger partial charge in [0.05, 0.1) is 5.75 Å². The van der Waals surface area contributed by atoms with E-state index in [1.54, 1.807) is 29.0 Å². The molecule has 1 saturated heterocycles. The molecule has 0 unspecified atom stereocenters. The van der Waals surface area contributed by atoms with Gasteiger partial charge in [0.2, 0.25) is 16.0 Å². The Morgan fingerprint density at radius 2 is 1.61 bits per heavy atom. The van der Waals surface area contributed by atoms with Gasteiger partial charge in [0.25, 0.3) is 0 Å². The molecule has 8 heteroatoms. The van der Waals surface area contributed by atoms with Crippen molar-refractivity contribution >= 4 is 16.0 Å². The van der Waals surface area contributed by atoms with Crippen molar-refractivity contribution in [3.05, 3.63) is 48.5 Å². The fourth-order valence-corrected chi connectivity index (χ4v) is 3.97. The van der Waals surface area contributed by atoms with Crippen LogP contribution in [0.3, 0.4) is 0 Å². The van der Waals surface area contributed by atoms with Crippen molar-refractivity contribution in [2.24, 2.45) is 0 Å². The van der Waals surface area contributed by atoms with Crippen molar-refractivity contribution in [2.75, 3.05) is 36.8 Å². The lowest BCUT2D eigenvalue weighted by Gasteiger charge is -2.33. The number of anilines is 1. The van der Waals surface area contributed by atoms with Crippen LogP contribution in [0.15, 0.2) is 42.9 Å². The second-order valence-electron chi connectivity index (χ2n) is 5.32. The molecule has 0 amide bonds. The van der Waals surface area contributed by atoms with Gasteiger partial charge >= 0.3 is 0 Å². The number of hydrogen-bond donors (Lipinski definition) is 0. The molecule has 0 spiro atoms. The first kappa shape index (κ1) is 15.8. The summed E-state index contributed by atoms with van der Waals surface area (Å²) in [7, 11) is -3.26. The van der Waals surface area contributed by atoms with Crippen molar-refractivity contribution in [1.82, 2.24) is 19.3 Å². The second kappa shape index (κ2) is 7.01. The van der Waals surface area contributed by atoms with Gasteiger partial charge in [-0.1, -0.05) is 6.07 Å². The van der Waals surface area contributed by atoms with E-state index in [4.69, 9.17) is 0 Å². The molecular weight excluding hydrogens is 314 g/mol. The monoisotopic (exact) mass is 333 g/mol. The Labute approximate surface area is 136 Å². The number of sulfonamides is 1. The summed E-state index contributed by atoms with van der Waals surface area (Å²) in [6.07, 6.45) is 5.50. The van der Waals surface area contributed by atoms with Crippen LogP contribution in [-0.4, -0.2) is 59.6 Å². The molecule has 0 atom stereocenters. The molecular formula is C15H19N5O2S. The van der Waals surface area contributed by atoms with Crippen molar-refractivity contribution in [3.8, 4) is 0 Å². The van der Waals surface area contributed by atoms with E-state index in [1.807, 2.05) is 23.1 Å². The average molecular weight is 333 g/mol. The Kier molecular flexibility index (Phi) is 4.82. The van der Waals surface area contributed by atoms with E-state index >= 15 is 0 Å². The van der Waals surface area contributed by atoms with Crippen LogP contribution < -0.4 is 4.90 Å². The molecule has 1 aliphatic rings. The highest BCUT2D eigenvalue weighted by atomic mass is 32.2. The molecule has 2 aromatic rings. The molecule has 23 heavy (non-hydrogen) atoms. The zero-order valence-corrected chi connectivity index (χ0v) is 13.6. The predicted molar refractivity (Wildman–Crippen MR) is 87.5 cm³/mol. The van der Waals surface area contributed by atoms with E-state index in [0.29, 0.717) is 38.5 Å². The quantitative estimate of drug-likeness (QED) is 0.796. The first-order chi connectivity index (χ1) is 11.1. The number of aryl methyl sites for hydroxylation is 1. The molecule has 122 valence electrons. The van der Waals surface area contributed by atoms with Gasteiger partial charge in [-0.2, -0.15) is 4.31 Å².